The van der Waals surface area contributed by atoms with Crippen molar-refractivity contribution in [3.63, 3.8) is 0 Å². The van der Waals surface area contributed by atoms with Crippen molar-refractivity contribution in [3.8, 4) is 11.5 Å². The van der Waals surface area contributed by atoms with Gasteiger partial charge in [-0.05, 0) is 42.5 Å². The van der Waals surface area contributed by atoms with Crippen molar-refractivity contribution in [1.29, 1.82) is 0 Å². The lowest BCUT2D eigenvalue weighted by Crippen LogP contribution is -2.10. The highest BCUT2D eigenvalue weighted by Gasteiger charge is 2.15. The molecule has 0 aliphatic heterocycles. The summed E-state index contributed by atoms with van der Waals surface area (Å²) in [5.74, 6) is 0.245. The summed E-state index contributed by atoms with van der Waals surface area (Å²) in [5.41, 5.74) is 0.463. The Morgan fingerprint density at radius 1 is 1.16 bits per heavy atom. The van der Waals surface area contributed by atoms with Crippen LogP contribution in [-0.4, -0.2) is 22.4 Å². The maximum absolute atomic E-state index is 12.4. The molecule has 0 spiro atoms. The number of ether oxygens (including phenoxy) is 2. The van der Waals surface area contributed by atoms with Crippen LogP contribution in [0.3, 0.4) is 0 Å². The van der Waals surface area contributed by atoms with Gasteiger partial charge in [0.2, 0.25) is 0 Å². The van der Waals surface area contributed by atoms with Crippen molar-refractivity contribution in [2.45, 2.75) is 13.2 Å². The van der Waals surface area contributed by atoms with Crippen LogP contribution in [0.25, 0.3) is 10.2 Å². The molecule has 12 heteroatoms. The number of halogens is 2. The zero-order valence-corrected chi connectivity index (χ0v) is 16.8. The predicted octanol–water partition coefficient (Wildman–Crippen LogP) is 5.23. The molecule has 0 aliphatic rings. The first-order valence-corrected chi connectivity index (χ1v) is 9.82. The first kappa shape index (κ1) is 21.2. The molecule has 0 atom stereocenters. The van der Waals surface area contributed by atoms with E-state index in [1.807, 2.05) is 0 Å². The number of amides is 1. The van der Waals surface area contributed by atoms with Crippen LogP contribution in [0.2, 0.25) is 0 Å². The Hall–Kier alpha value is -4.06. The molecule has 32 heavy (non-hydrogen) atoms. The minimum absolute atomic E-state index is 0.00211. The first-order valence-electron chi connectivity index (χ1n) is 9.00. The smallest absolute Gasteiger partial charge is 0.387 e. The molecule has 4 aromatic rings. The number of nitro benzene ring substituents is 1. The zero-order valence-electron chi connectivity index (χ0n) is 16.0. The summed E-state index contributed by atoms with van der Waals surface area (Å²) in [6, 6.07) is 12.9. The van der Waals surface area contributed by atoms with Crippen molar-refractivity contribution in [2.24, 2.45) is 0 Å². The fourth-order valence-corrected chi connectivity index (χ4v) is 3.58. The molecule has 0 fully saturated rings. The number of rotatable bonds is 8. The number of anilines is 1. The van der Waals surface area contributed by atoms with Crippen LogP contribution in [0.1, 0.15) is 16.3 Å². The summed E-state index contributed by atoms with van der Waals surface area (Å²) in [6.45, 7) is -2.92. The molecule has 0 radical (unpaired) electrons. The fraction of sp³-hybridized carbons (Fsp3) is 0.100. The summed E-state index contributed by atoms with van der Waals surface area (Å²) >= 11 is 1.10. The minimum Gasteiger partial charge on any atom is -0.486 e. The normalized spacial score (nSPS) is 11.0. The molecular formula is C20H13F2N3O6S. The van der Waals surface area contributed by atoms with Gasteiger partial charge in [-0.2, -0.15) is 8.78 Å². The minimum atomic E-state index is -2.93. The van der Waals surface area contributed by atoms with Crippen LogP contribution in [0.5, 0.6) is 11.5 Å². The third kappa shape index (κ3) is 4.98. The molecule has 0 saturated carbocycles. The highest BCUT2D eigenvalue weighted by Crippen LogP contribution is 2.30. The van der Waals surface area contributed by atoms with Crippen LogP contribution in [-0.2, 0) is 6.61 Å². The van der Waals surface area contributed by atoms with Crippen molar-refractivity contribution >= 4 is 38.3 Å². The number of carbonyl (C=O) groups excluding carboxylic acids is 1. The second kappa shape index (κ2) is 8.98. The average molecular weight is 461 g/mol. The lowest BCUT2D eigenvalue weighted by Gasteiger charge is -2.03. The summed E-state index contributed by atoms with van der Waals surface area (Å²) in [6.07, 6.45) is 0. The second-order valence-corrected chi connectivity index (χ2v) is 7.32. The molecule has 1 amide bonds. The Morgan fingerprint density at radius 3 is 2.62 bits per heavy atom. The lowest BCUT2D eigenvalue weighted by molar-refractivity contribution is -0.384. The largest absolute Gasteiger partial charge is 0.486 e. The van der Waals surface area contributed by atoms with Gasteiger partial charge in [0.1, 0.15) is 23.9 Å². The number of nitro groups is 1. The molecule has 1 N–H and O–H groups in total. The van der Waals surface area contributed by atoms with Crippen LogP contribution >= 0.6 is 11.3 Å². The topological polar surface area (TPSA) is 117 Å². The van der Waals surface area contributed by atoms with E-state index < -0.39 is 17.4 Å². The van der Waals surface area contributed by atoms with Gasteiger partial charge in [0.15, 0.2) is 10.9 Å². The van der Waals surface area contributed by atoms with E-state index in [1.165, 1.54) is 48.5 Å². The van der Waals surface area contributed by atoms with Crippen molar-refractivity contribution in [1.82, 2.24) is 4.98 Å². The van der Waals surface area contributed by atoms with Crippen LogP contribution in [0.15, 0.2) is 59.0 Å². The predicted molar refractivity (Wildman–Crippen MR) is 110 cm³/mol. The molecule has 164 valence electrons. The Balaban J connectivity index is 1.37. The molecular weight excluding hydrogens is 448 g/mol. The summed E-state index contributed by atoms with van der Waals surface area (Å²) in [7, 11) is 0. The van der Waals surface area contributed by atoms with Gasteiger partial charge in [0, 0.05) is 12.1 Å². The molecule has 0 aliphatic carbocycles. The van der Waals surface area contributed by atoms with Gasteiger partial charge in [-0.3, -0.25) is 20.2 Å². The molecule has 0 saturated heterocycles. The van der Waals surface area contributed by atoms with Crippen LogP contribution in [0, 0.1) is 10.1 Å². The number of aromatic nitrogens is 1. The third-order valence-corrected chi connectivity index (χ3v) is 5.05. The van der Waals surface area contributed by atoms with Gasteiger partial charge in [-0.1, -0.05) is 11.3 Å². The fourth-order valence-electron chi connectivity index (χ4n) is 2.69. The van der Waals surface area contributed by atoms with Crippen molar-refractivity contribution in [2.75, 3.05) is 5.32 Å². The van der Waals surface area contributed by atoms with E-state index >= 15 is 0 Å². The number of nitrogens with one attached hydrogen (secondary N) is 1. The first-order chi connectivity index (χ1) is 15.4. The van der Waals surface area contributed by atoms with Crippen LogP contribution < -0.4 is 14.8 Å². The lowest BCUT2D eigenvalue weighted by atomic mass is 10.3. The van der Waals surface area contributed by atoms with Gasteiger partial charge < -0.3 is 13.9 Å². The molecule has 9 nitrogen and oxygen atoms in total. The molecule has 0 bridgehead atoms. The highest BCUT2D eigenvalue weighted by atomic mass is 32.1. The van der Waals surface area contributed by atoms with E-state index in [4.69, 9.17) is 9.15 Å². The summed E-state index contributed by atoms with van der Waals surface area (Å²) in [4.78, 5) is 26.8. The number of hydrogen-bond acceptors (Lipinski definition) is 8. The van der Waals surface area contributed by atoms with Crippen molar-refractivity contribution in [3.05, 3.63) is 76.2 Å². The molecule has 2 heterocycles. The maximum atomic E-state index is 12.4. The Labute approximate surface area is 182 Å². The SMILES string of the molecule is O=C(Nc1nc2ccc(OC(F)F)cc2s1)c1ccc(COc2ccc([N+](=O)[O-])cc2)o1. The number of nitrogens with zero attached hydrogens (tertiary/aromatic N) is 2. The quantitative estimate of drug-likeness (QED) is 0.282. The second-order valence-electron chi connectivity index (χ2n) is 6.29. The summed E-state index contributed by atoms with van der Waals surface area (Å²) in [5, 5.41) is 13.5. The third-order valence-electron chi connectivity index (χ3n) is 4.12. The number of carbonyl (C=O) groups is 1. The van der Waals surface area contributed by atoms with Crippen molar-refractivity contribution < 1.29 is 32.4 Å². The average Bonchev–Trinajstić information content (AvgIpc) is 3.38. The van der Waals surface area contributed by atoms with Gasteiger partial charge in [-0.15, -0.1) is 0 Å². The monoisotopic (exact) mass is 461 g/mol. The number of thiazole rings is 1. The Morgan fingerprint density at radius 2 is 1.91 bits per heavy atom. The van der Waals surface area contributed by atoms with Gasteiger partial charge in [0.05, 0.1) is 15.1 Å². The summed E-state index contributed by atoms with van der Waals surface area (Å²) < 4.78 is 40.6. The number of furan rings is 1. The number of non-ortho nitro benzene ring substituents is 1. The van der Waals surface area contributed by atoms with E-state index in [-0.39, 0.29) is 28.9 Å². The number of benzene rings is 2. The molecule has 4 rings (SSSR count). The number of hydrogen-bond donors (Lipinski definition) is 1. The van der Waals surface area contributed by atoms with Gasteiger partial charge in [0.25, 0.3) is 11.6 Å². The molecule has 0 unspecified atom stereocenters. The molecule has 2 aromatic heterocycles. The van der Waals surface area contributed by atoms with E-state index in [0.717, 1.165) is 11.3 Å². The Bertz CT molecular complexity index is 1270. The standard InChI is InChI=1S/C20H13F2N3O6S/c21-19(22)31-13-5-7-15-17(9-13)32-20(23-15)24-18(26)16-8-6-14(30-16)10-29-12-3-1-11(2-4-12)25(27)28/h1-9,19H,10H2,(H,23,24,26). The van der Waals surface area contributed by atoms with E-state index in [2.05, 4.69) is 15.0 Å². The van der Waals surface area contributed by atoms with Gasteiger partial charge in [-0.25, -0.2) is 4.98 Å². The highest BCUT2D eigenvalue weighted by molar-refractivity contribution is 7.22. The number of alkyl halides is 2. The molecule has 2 aromatic carbocycles. The maximum Gasteiger partial charge on any atom is 0.387 e. The van der Waals surface area contributed by atoms with Crippen LogP contribution in [0.4, 0.5) is 19.6 Å². The Kier molecular flexibility index (Phi) is 5.94. The number of fused-ring (bicyclic) bond motifs is 1. The van der Waals surface area contributed by atoms with E-state index in [0.29, 0.717) is 21.7 Å². The van der Waals surface area contributed by atoms with E-state index in [9.17, 15) is 23.7 Å². The zero-order chi connectivity index (χ0) is 22.7. The van der Waals surface area contributed by atoms with Gasteiger partial charge >= 0.3 is 6.61 Å². The van der Waals surface area contributed by atoms with E-state index in [1.54, 1.807) is 6.07 Å².